The smallest absolute Gasteiger partial charge is 0.346 e. The van der Waals surface area contributed by atoms with E-state index in [-0.39, 0.29) is 38.6 Å². The minimum atomic E-state index is -3.80. The van der Waals surface area contributed by atoms with Gasteiger partial charge < -0.3 is 23.2 Å². The molecule has 1 aromatic rings. The number of hydrogen-bond acceptors (Lipinski definition) is 7. The van der Waals surface area contributed by atoms with Crippen molar-refractivity contribution in [2.24, 2.45) is 0 Å². The second-order valence-electron chi connectivity index (χ2n) is 6.84. The van der Waals surface area contributed by atoms with Crippen LogP contribution in [0.3, 0.4) is 0 Å². The van der Waals surface area contributed by atoms with Crippen LogP contribution in [0.25, 0.3) is 0 Å². The van der Waals surface area contributed by atoms with Crippen molar-refractivity contribution < 1.29 is 32.3 Å². The number of phenols is 1. The minimum Gasteiger partial charge on any atom is -0.508 e. The molecule has 0 amide bonds. The highest BCUT2D eigenvalue weighted by atomic mass is 31.2. The van der Waals surface area contributed by atoms with Gasteiger partial charge in [0.25, 0.3) is 0 Å². The van der Waals surface area contributed by atoms with E-state index in [1.807, 2.05) is 0 Å². The molecule has 166 valence electrons. The molecule has 9 heteroatoms. The Bertz CT molecular complexity index is 715. The van der Waals surface area contributed by atoms with Crippen molar-refractivity contribution in [1.29, 1.82) is 0 Å². The predicted molar refractivity (Wildman–Crippen MR) is 114 cm³/mol. The number of benzene rings is 1. The van der Waals surface area contributed by atoms with Gasteiger partial charge in [0.2, 0.25) is 0 Å². The van der Waals surface area contributed by atoms with Gasteiger partial charge >= 0.3 is 15.2 Å². The van der Waals surface area contributed by atoms with Gasteiger partial charge in [-0.3, -0.25) is 9.13 Å². The summed E-state index contributed by atoms with van der Waals surface area (Å²) in [7, 11) is -7.60. The molecule has 1 aliphatic rings. The molecule has 0 unspecified atom stereocenters. The molecule has 0 atom stereocenters. The van der Waals surface area contributed by atoms with Crippen LogP contribution in [0.4, 0.5) is 0 Å². The van der Waals surface area contributed by atoms with E-state index in [0.29, 0.717) is 0 Å². The van der Waals surface area contributed by atoms with Gasteiger partial charge in [0.15, 0.2) is 5.40 Å². The van der Waals surface area contributed by atoms with Gasteiger partial charge in [-0.2, -0.15) is 0 Å². The minimum absolute atomic E-state index is 0.152. The second-order valence-corrected chi connectivity index (χ2v) is 11.7. The Morgan fingerprint density at radius 2 is 1.28 bits per heavy atom. The Balaban J connectivity index is 2.56. The SMILES string of the molecule is CCOP(=O)(OCC)C(Cc1ccc(O)c2c1CCCC2)P(=O)(OCC)OCC. The van der Waals surface area contributed by atoms with E-state index >= 15 is 0 Å². The average molecular weight is 448 g/mol. The van der Waals surface area contributed by atoms with Gasteiger partial charge in [-0.25, -0.2) is 0 Å². The molecule has 0 saturated carbocycles. The lowest BCUT2D eigenvalue weighted by atomic mass is 9.87. The first kappa shape index (κ1) is 24.6. The lowest BCUT2D eigenvalue weighted by molar-refractivity contribution is 0.195. The molecule has 0 radical (unpaired) electrons. The molecule has 7 nitrogen and oxygen atoms in total. The van der Waals surface area contributed by atoms with Crippen LogP contribution in [-0.2, 0) is 46.5 Å². The molecule has 2 rings (SSSR count). The van der Waals surface area contributed by atoms with E-state index in [4.69, 9.17) is 18.1 Å². The summed E-state index contributed by atoms with van der Waals surface area (Å²) in [6, 6.07) is 3.45. The van der Waals surface area contributed by atoms with Gasteiger partial charge in [0.1, 0.15) is 5.75 Å². The van der Waals surface area contributed by atoms with Gasteiger partial charge in [0.05, 0.1) is 26.4 Å². The third-order valence-electron chi connectivity index (χ3n) is 4.98. The van der Waals surface area contributed by atoms with Crippen molar-refractivity contribution in [1.82, 2.24) is 0 Å². The number of hydrogen-bond donors (Lipinski definition) is 1. The third-order valence-corrected chi connectivity index (χ3v) is 11.0. The summed E-state index contributed by atoms with van der Waals surface area (Å²) < 4.78 is 49.7. The van der Waals surface area contributed by atoms with Crippen LogP contribution in [0, 0.1) is 0 Å². The monoisotopic (exact) mass is 448 g/mol. The topological polar surface area (TPSA) is 91.3 Å². The van der Waals surface area contributed by atoms with Crippen molar-refractivity contribution in [3.63, 3.8) is 0 Å². The quantitative estimate of drug-likeness (QED) is 0.412. The molecular weight excluding hydrogens is 414 g/mol. The number of fused-ring (bicyclic) bond motifs is 1. The van der Waals surface area contributed by atoms with Crippen molar-refractivity contribution in [2.75, 3.05) is 26.4 Å². The van der Waals surface area contributed by atoms with Crippen LogP contribution in [-0.4, -0.2) is 36.9 Å². The highest BCUT2D eigenvalue weighted by Gasteiger charge is 2.51. The highest BCUT2D eigenvalue weighted by molar-refractivity contribution is 7.72. The van der Waals surface area contributed by atoms with Crippen molar-refractivity contribution in [2.45, 2.75) is 65.2 Å². The Morgan fingerprint density at radius 1 is 0.828 bits per heavy atom. The van der Waals surface area contributed by atoms with Gasteiger partial charge in [-0.1, -0.05) is 6.07 Å². The molecule has 1 N–H and O–H groups in total. The summed E-state index contributed by atoms with van der Waals surface area (Å²) in [5, 5.41) is 9.18. The Hall–Kier alpha value is -0.680. The number of rotatable bonds is 12. The van der Waals surface area contributed by atoms with E-state index in [1.165, 1.54) is 0 Å². The first-order chi connectivity index (χ1) is 13.8. The van der Waals surface area contributed by atoms with Gasteiger partial charge in [-0.15, -0.1) is 0 Å². The van der Waals surface area contributed by atoms with Crippen LogP contribution < -0.4 is 0 Å². The fourth-order valence-electron chi connectivity index (χ4n) is 3.85. The Labute approximate surface area is 174 Å². The summed E-state index contributed by atoms with van der Waals surface area (Å²) >= 11 is 0. The fraction of sp³-hybridized carbons (Fsp3) is 0.700. The molecule has 29 heavy (non-hydrogen) atoms. The molecule has 0 saturated heterocycles. The Kier molecular flexibility index (Phi) is 9.40. The van der Waals surface area contributed by atoms with E-state index in [0.717, 1.165) is 42.4 Å². The van der Waals surface area contributed by atoms with E-state index in [2.05, 4.69) is 0 Å². The lowest BCUT2D eigenvalue weighted by Gasteiger charge is -2.32. The van der Waals surface area contributed by atoms with Crippen LogP contribution in [0.1, 0.15) is 57.2 Å². The zero-order valence-electron chi connectivity index (χ0n) is 17.9. The van der Waals surface area contributed by atoms with Gasteiger partial charge in [0, 0.05) is 0 Å². The third kappa shape index (κ3) is 5.72. The second kappa shape index (κ2) is 11.1. The maximum atomic E-state index is 13.7. The van der Waals surface area contributed by atoms with Crippen LogP contribution in [0.15, 0.2) is 12.1 Å². The first-order valence-electron chi connectivity index (χ1n) is 10.4. The molecule has 0 aromatic heterocycles. The molecule has 0 heterocycles. The number of phenolic OH excluding ortho intramolecular Hbond substituents is 1. The zero-order valence-corrected chi connectivity index (χ0v) is 19.7. The maximum absolute atomic E-state index is 13.7. The molecular formula is C20H34O7P2. The van der Waals surface area contributed by atoms with Crippen LogP contribution in [0.5, 0.6) is 5.75 Å². The van der Waals surface area contributed by atoms with E-state index < -0.39 is 20.6 Å². The lowest BCUT2D eigenvalue weighted by Crippen LogP contribution is -2.21. The first-order valence-corrected chi connectivity index (χ1v) is 13.7. The van der Waals surface area contributed by atoms with Gasteiger partial charge in [-0.05, 0) is 82.6 Å². The Morgan fingerprint density at radius 3 is 1.72 bits per heavy atom. The fourth-order valence-corrected chi connectivity index (χ4v) is 9.15. The highest BCUT2D eigenvalue weighted by Crippen LogP contribution is 2.71. The molecule has 0 spiro atoms. The summed E-state index contributed by atoms with van der Waals surface area (Å²) in [5.74, 6) is 0.274. The molecule has 1 aromatic carbocycles. The number of aromatic hydroxyl groups is 1. The van der Waals surface area contributed by atoms with Crippen LogP contribution in [0.2, 0.25) is 0 Å². The predicted octanol–water partition coefficient (Wildman–Crippen LogP) is 5.67. The molecule has 0 aliphatic heterocycles. The van der Waals surface area contributed by atoms with Crippen molar-refractivity contribution in [3.05, 3.63) is 28.8 Å². The summed E-state index contributed by atoms with van der Waals surface area (Å²) in [5.41, 5.74) is 2.82. The van der Waals surface area contributed by atoms with Crippen LogP contribution >= 0.6 is 15.2 Å². The summed E-state index contributed by atoms with van der Waals surface area (Å²) in [6.07, 6.45) is 3.80. The standard InChI is InChI=1S/C20H34O7P2/c1-5-24-28(22,25-6-2)20(29(23,26-7-3)27-8-4)15-16-13-14-19(21)18-12-10-9-11-17(16)18/h13-14,20-21H,5-12,15H2,1-4H3. The van der Waals surface area contributed by atoms with E-state index in [1.54, 1.807) is 39.8 Å². The average Bonchev–Trinajstić information content (AvgIpc) is 2.68. The van der Waals surface area contributed by atoms with E-state index in [9.17, 15) is 14.2 Å². The molecule has 0 bridgehead atoms. The normalized spacial score (nSPS) is 14.9. The van der Waals surface area contributed by atoms with Crippen molar-refractivity contribution >= 4 is 15.2 Å². The van der Waals surface area contributed by atoms with Crippen molar-refractivity contribution in [3.8, 4) is 5.75 Å². The summed E-state index contributed by atoms with van der Waals surface area (Å²) in [6.45, 7) is 7.49. The molecule has 0 fully saturated rings. The largest absolute Gasteiger partial charge is 0.508 e. The maximum Gasteiger partial charge on any atom is 0.346 e. The summed E-state index contributed by atoms with van der Waals surface area (Å²) in [4.78, 5) is 0. The molecule has 1 aliphatic carbocycles. The zero-order chi connectivity index (χ0) is 21.5.